The van der Waals surface area contributed by atoms with Crippen LogP contribution in [0.25, 0.3) is 6.08 Å². The molecule has 0 radical (unpaired) electrons. The Balaban J connectivity index is 1.78. The van der Waals surface area contributed by atoms with Crippen molar-refractivity contribution in [3.63, 3.8) is 0 Å². The van der Waals surface area contributed by atoms with Crippen molar-refractivity contribution in [2.75, 3.05) is 6.61 Å². The number of benzene rings is 2. The van der Waals surface area contributed by atoms with Crippen LogP contribution < -0.4 is 0 Å². The van der Waals surface area contributed by atoms with Gasteiger partial charge in [0.1, 0.15) is 5.76 Å². The van der Waals surface area contributed by atoms with E-state index in [-0.39, 0.29) is 0 Å². The van der Waals surface area contributed by atoms with Gasteiger partial charge in [0.15, 0.2) is 0 Å². The van der Waals surface area contributed by atoms with E-state index in [1.54, 1.807) is 0 Å². The Morgan fingerprint density at radius 1 is 1.10 bits per heavy atom. The monoisotopic (exact) mass is 264 g/mol. The number of hydrogen-bond donors (Lipinski definition) is 0. The van der Waals surface area contributed by atoms with E-state index in [1.165, 1.54) is 11.1 Å². The minimum Gasteiger partial charge on any atom is -0.494 e. The normalized spacial score (nSPS) is 10.7. The van der Waals surface area contributed by atoms with Gasteiger partial charge in [0.2, 0.25) is 0 Å². The second-order valence-corrected chi connectivity index (χ2v) is 4.80. The van der Waals surface area contributed by atoms with Crippen molar-refractivity contribution in [3.8, 4) is 0 Å². The maximum Gasteiger partial charge on any atom is 0.112 e. The van der Waals surface area contributed by atoms with Gasteiger partial charge >= 0.3 is 0 Å². The zero-order chi connectivity index (χ0) is 14.2. The number of aryl methyl sites for hydroxylation is 1. The molecule has 102 valence electrons. The SMILES string of the molecule is C=C(/C=C/c1cccc(C)c1)OCCc1ccccc1. The summed E-state index contributed by atoms with van der Waals surface area (Å²) in [6.07, 6.45) is 4.84. The highest BCUT2D eigenvalue weighted by atomic mass is 16.5. The van der Waals surface area contributed by atoms with Gasteiger partial charge in [-0.1, -0.05) is 72.8 Å². The van der Waals surface area contributed by atoms with E-state index in [4.69, 9.17) is 4.74 Å². The molecule has 0 unspecified atom stereocenters. The molecule has 0 fully saturated rings. The van der Waals surface area contributed by atoms with Crippen LogP contribution in [0.3, 0.4) is 0 Å². The highest BCUT2D eigenvalue weighted by Gasteiger charge is 1.94. The molecule has 0 atom stereocenters. The van der Waals surface area contributed by atoms with Crippen molar-refractivity contribution >= 4 is 6.08 Å². The van der Waals surface area contributed by atoms with Crippen molar-refractivity contribution in [2.24, 2.45) is 0 Å². The highest BCUT2D eigenvalue weighted by molar-refractivity contribution is 5.52. The summed E-state index contributed by atoms with van der Waals surface area (Å²) in [6.45, 7) is 6.65. The summed E-state index contributed by atoms with van der Waals surface area (Å²) in [5, 5.41) is 0. The van der Waals surface area contributed by atoms with Gasteiger partial charge in [-0.3, -0.25) is 0 Å². The van der Waals surface area contributed by atoms with Crippen molar-refractivity contribution in [1.29, 1.82) is 0 Å². The van der Waals surface area contributed by atoms with Gasteiger partial charge in [-0.2, -0.15) is 0 Å². The number of hydrogen-bond acceptors (Lipinski definition) is 1. The Morgan fingerprint density at radius 2 is 1.90 bits per heavy atom. The third-order valence-corrected chi connectivity index (χ3v) is 3.02. The summed E-state index contributed by atoms with van der Waals surface area (Å²) in [6, 6.07) is 18.7. The van der Waals surface area contributed by atoms with Gasteiger partial charge in [0.25, 0.3) is 0 Å². The topological polar surface area (TPSA) is 9.23 Å². The average molecular weight is 264 g/mol. The molecule has 2 aromatic rings. The average Bonchev–Trinajstić information content (AvgIpc) is 2.46. The Kier molecular flexibility index (Phi) is 5.19. The molecule has 1 nitrogen and oxygen atoms in total. The van der Waals surface area contributed by atoms with E-state index in [2.05, 4.69) is 43.8 Å². The fourth-order valence-electron chi connectivity index (χ4n) is 1.96. The summed E-state index contributed by atoms with van der Waals surface area (Å²) in [4.78, 5) is 0. The highest BCUT2D eigenvalue weighted by Crippen LogP contribution is 2.08. The summed E-state index contributed by atoms with van der Waals surface area (Å²) in [5.41, 5.74) is 3.70. The maximum atomic E-state index is 5.62. The van der Waals surface area contributed by atoms with E-state index in [0.29, 0.717) is 12.4 Å². The van der Waals surface area contributed by atoms with E-state index in [0.717, 1.165) is 12.0 Å². The van der Waals surface area contributed by atoms with Gasteiger partial charge in [0, 0.05) is 6.42 Å². The third kappa shape index (κ3) is 4.77. The van der Waals surface area contributed by atoms with Gasteiger partial charge < -0.3 is 4.74 Å². The van der Waals surface area contributed by atoms with Gasteiger partial charge in [-0.15, -0.1) is 0 Å². The van der Waals surface area contributed by atoms with Gasteiger partial charge in [-0.25, -0.2) is 0 Å². The third-order valence-electron chi connectivity index (χ3n) is 3.02. The molecule has 0 heterocycles. The number of ether oxygens (including phenoxy) is 1. The quantitative estimate of drug-likeness (QED) is 0.539. The fourth-order valence-corrected chi connectivity index (χ4v) is 1.96. The summed E-state index contributed by atoms with van der Waals surface area (Å²) in [5.74, 6) is 0.697. The first-order valence-corrected chi connectivity index (χ1v) is 6.84. The molecular weight excluding hydrogens is 244 g/mol. The lowest BCUT2D eigenvalue weighted by atomic mass is 10.1. The first-order valence-electron chi connectivity index (χ1n) is 6.84. The van der Waals surface area contributed by atoms with Crippen LogP contribution in [-0.4, -0.2) is 6.61 Å². The standard InChI is InChI=1S/C19H20O/c1-16-7-6-10-19(15-16)12-11-17(2)20-14-13-18-8-4-3-5-9-18/h3-12,15H,2,13-14H2,1H3/b12-11+. The number of allylic oxidation sites excluding steroid dienone is 1. The smallest absolute Gasteiger partial charge is 0.112 e. The van der Waals surface area contributed by atoms with Gasteiger partial charge in [0.05, 0.1) is 6.61 Å². The van der Waals surface area contributed by atoms with Crippen molar-refractivity contribution in [3.05, 3.63) is 89.7 Å². The Morgan fingerprint density at radius 3 is 2.65 bits per heavy atom. The predicted octanol–water partition coefficient (Wildman–Crippen LogP) is 4.78. The molecule has 20 heavy (non-hydrogen) atoms. The fraction of sp³-hybridized carbons (Fsp3) is 0.158. The molecule has 0 N–H and O–H groups in total. The zero-order valence-electron chi connectivity index (χ0n) is 11.9. The molecule has 0 aromatic heterocycles. The predicted molar refractivity (Wildman–Crippen MR) is 85.5 cm³/mol. The lowest BCUT2D eigenvalue weighted by molar-refractivity contribution is 0.230. The zero-order valence-corrected chi connectivity index (χ0v) is 11.9. The van der Waals surface area contributed by atoms with Crippen LogP contribution in [0.2, 0.25) is 0 Å². The Hall–Kier alpha value is -2.28. The molecule has 0 saturated heterocycles. The molecule has 2 rings (SSSR count). The van der Waals surface area contributed by atoms with Gasteiger partial charge in [-0.05, 0) is 24.1 Å². The molecule has 0 bridgehead atoms. The van der Waals surface area contributed by atoms with Crippen molar-refractivity contribution in [1.82, 2.24) is 0 Å². The van der Waals surface area contributed by atoms with Crippen LogP contribution in [0.1, 0.15) is 16.7 Å². The summed E-state index contributed by atoms with van der Waals surface area (Å²) in [7, 11) is 0. The second kappa shape index (κ2) is 7.34. The first-order chi connectivity index (χ1) is 9.74. The molecule has 0 spiro atoms. The summed E-state index contributed by atoms with van der Waals surface area (Å²) < 4.78 is 5.62. The second-order valence-electron chi connectivity index (χ2n) is 4.80. The molecule has 0 saturated carbocycles. The van der Waals surface area contributed by atoms with Crippen molar-refractivity contribution in [2.45, 2.75) is 13.3 Å². The lowest BCUT2D eigenvalue weighted by Crippen LogP contribution is -1.96. The minimum atomic E-state index is 0.654. The maximum absolute atomic E-state index is 5.62. The van der Waals surface area contributed by atoms with E-state index in [1.807, 2.05) is 36.4 Å². The molecule has 1 heteroatoms. The number of rotatable bonds is 6. The van der Waals surface area contributed by atoms with Crippen LogP contribution in [-0.2, 0) is 11.2 Å². The Labute approximate surface area is 121 Å². The van der Waals surface area contributed by atoms with Crippen LogP contribution in [0, 0.1) is 6.92 Å². The lowest BCUT2D eigenvalue weighted by Gasteiger charge is -2.05. The first kappa shape index (κ1) is 14.1. The molecule has 0 aliphatic heterocycles. The Bertz CT molecular complexity index is 582. The van der Waals surface area contributed by atoms with Crippen LogP contribution in [0.15, 0.2) is 73.0 Å². The van der Waals surface area contributed by atoms with E-state index >= 15 is 0 Å². The molecule has 0 amide bonds. The summed E-state index contributed by atoms with van der Waals surface area (Å²) >= 11 is 0. The molecule has 0 aliphatic rings. The van der Waals surface area contributed by atoms with E-state index < -0.39 is 0 Å². The molecule has 0 aliphatic carbocycles. The van der Waals surface area contributed by atoms with Crippen LogP contribution in [0.4, 0.5) is 0 Å². The van der Waals surface area contributed by atoms with Crippen LogP contribution >= 0.6 is 0 Å². The molecular formula is C19H20O. The van der Waals surface area contributed by atoms with Crippen molar-refractivity contribution < 1.29 is 4.74 Å². The minimum absolute atomic E-state index is 0.654. The van der Waals surface area contributed by atoms with E-state index in [9.17, 15) is 0 Å². The largest absolute Gasteiger partial charge is 0.494 e. The van der Waals surface area contributed by atoms with Crippen LogP contribution in [0.5, 0.6) is 0 Å². The molecule has 2 aromatic carbocycles.